The first-order chi connectivity index (χ1) is 11.2. The van der Waals surface area contributed by atoms with Crippen LogP contribution in [0.15, 0.2) is 35.9 Å². The van der Waals surface area contributed by atoms with E-state index in [1.807, 2.05) is 0 Å². The van der Waals surface area contributed by atoms with Gasteiger partial charge in [0.25, 0.3) is 0 Å². The van der Waals surface area contributed by atoms with E-state index < -0.39 is 0 Å². The lowest BCUT2D eigenvalue weighted by atomic mass is 9.62. The fraction of sp³-hybridized carbons (Fsp3) is 0.500. The van der Waals surface area contributed by atoms with Crippen LogP contribution in [0.25, 0.3) is 10.9 Å². The summed E-state index contributed by atoms with van der Waals surface area (Å²) in [5.74, 6) is 0.984. The molecule has 120 valence electrons. The van der Waals surface area contributed by atoms with Crippen LogP contribution in [0, 0.1) is 11.8 Å². The summed E-state index contributed by atoms with van der Waals surface area (Å²) in [7, 11) is 2.42. The molecule has 3 fully saturated rings. The van der Waals surface area contributed by atoms with Gasteiger partial charge in [-0.1, -0.05) is 24.3 Å². The first-order valence-corrected chi connectivity index (χ1v) is 8.87. The van der Waals surface area contributed by atoms with Crippen LogP contribution >= 0.6 is 0 Å². The predicted octanol–water partition coefficient (Wildman–Crippen LogP) is 3.17. The van der Waals surface area contributed by atoms with Gasteiger partial charge < -0.3 is 14.6 Å². The van der Waals surface area contributed by atoms with E-state index in [2.05, 4.69) is 49.3 Å². The highest BCUT2D eigenvalue weighted by Gasteiger charge is 2.61. The zero-order chi connectivity index (χ0) is 15.8. The van der Waals surface area contributed by atoms with Crippen LogP contribution in [0.5, 0.6) is 0 Å². The first-order valence-electron chi connectivity index (χ1n) is 8.87. The number of H-pyrrole nitrogens is 1. The summed E-state index contributed by atoms with van der Waals surface area (Å²) in [5.41, 5.74) is 5.84. The monoisotopic (exact) mass is 309 g/mol. The van der Waals surface area contributed by atoms with Crippen LogP contribution < -0.4 is 0 Å². The number of aliphatic hydroxyl groups excluding tert-OH is 1. The van der Waals surface area contributed by atoms with Crippen molar-refractivity contribution < 1.29 is 9.59 Å². The number of quaternary nitrogens is 1. The number of aliphatic hydroxyl groups is 1. The summed E-state index contributed by atoms with van der Waals surface area (Å²) in [6.45, 7) is 3.65. The topological polar surface area (TPSA) is 36.0 Å². The SMILES string of the molecule is C/C=C1/C[N@@+]2(C)[C@H]3C[C@H]1[C@@H](CO)[C@@H]2Cc1c3[nH]c2ccccc12. The summed E-state index contributed by atoms with van der Waals surface area (Å²) in [6, 6.07) is 9.84. The van der Waals surface area contributed by atoms with Crippen LogP contribution in [0.3, 0.4) is 0 Å². The highest BCUT2D eigenvalue weighted by molar-refractivity contribution is 5.85. The number of fused-ring (bicyclic) bond motifs is 4. The molecule has 4 aliphatic heterocycles. The van der Waals surface area contributed by atoms with Crippen molar-refractivity contribution in [2.45, 2.75) is 31.8 Å². The van der Waals surface area contributed by atoms with Crippen molar-refractivity contribution >= 4 is 10.9 Å². The maximum Gasteiger partial charge on any atom is 0.131 e. The molecule has 0 aliphatic carbocycles. The Balaban J connectivity index is 1.73. The normalized spacial score (nSPS) is 39.9. The van der Waals surface area contributed by atoms with Crippen molar-refractivity contribution in [2.75, 3.05) is 20.2 Å². The van der Waals surface area contributed by atoms with Gasteiger partial charge in [-0.25, -0.2) is 0 Å². The molecule has 0 saturated carbocycles. The second-order valence-corrected chi connectivity index (χ2v) is 7.91. The second-order valence-electron chi connectivity index (χ2n) is 7.91. The molecule has 4 bridgehead atoms. The fourth-order valence-electron chi connectivity index (χ4n) is 6.02. The molecule has 4 aliphatic rings. The van der Waals surface area contributed by atoms with E-state index in [1.165, 1.54) is 28.6 Å². The Bertz CT molecular complexity index is 820. The molecule has 1 aromatic carbocycles. The Morgan fingerprint density at radius 3 is 2.96 bits per heavy atom. The lowest BCUT2D eigenvalue weighted by Gasteiger charge is -2.62. The van der Waals surface area contributed by atoms with E-state index in [0.29, 0.717) is 30.5 Å². The molecular formula is C20H25N2O+. The van der Waals surface area contributed by atoms with E-state index in [0.717, 1.165) is 17.4 Å². The number of nitrogens with one attached hydrogen (secondary N) is 1. The van der Waals surface area contributed by atoms with Gasteiger partial charge in [0, 0.05) is 35.6 Å². The molecule has 3 heteroatoms. The molecule has 23 heavy (non-hydrogen) atoms. The largest absolute Gasteiger partial charge is 0.396 e. The highest BCUT2D eigenvalue weighted by atomic mass is 16.3. The molecule has 0 radical (unpaired) electrons. The molecule has 3 nitrogen and oxygen atoms in total. The van der Waals surface area contributed by atoms with E-state index in [9.17, 15) is 5.11 Å². The molecule has 2 N–H and O–H groups in total. The standard InChI is InChI=1S/C20H25N2O/c1-3-12-10-22(2)18-9-15-13-6-4-5-7-17(13)21-20(15)19(22)8-14(12)16(18)11-23/h3-7,14,16,18-19,21,23H,8-11H2,1-2H3/q+1/b12-3-/t14-,16-,18+,19+,22-/m1/s1. The molecule has 1 aromatic heterocycles. The van der Waals surface area contributed by atoms with Gasteiger partial charge in [-0.3, -0.25) is 0 Å². The van der Waals surface area contributed by atoms with Crippen LogP contribution in [0.2, 0.25) is 0 Å². The number of aromatic amines is 1. The van der Waals surface area contributed by atoms with Gasteiger partial charge in [-0.05, 0) is 24.1 Å². The van der Waals surface area contributed by atoms with E-state index >= 15 is 0 Å². The summed E-state index contributed by atoms with van der Waals surface area (Å²) < 4.78 is 1.08. The molecule has 2 aromatic rings. The Morgan fingerprint density at radius 1 is 1.35 bits per heavy atom. The van der Waals surface area contributed by atoms with Crippen LogP contribution in [0.1, 0.15) is 30.6 Å². The molecule has 0 spiro atoms. The number of benzene rings is 1. The van der Waals surface area contributed by atoms with Crippen molar-refractivity contribution in [3.05, 3.63) is 47.2 Å². The summed E-state index contributed by atoms with van der Waals surface area (Å²) >= 11 is 0. The summed E-state index contributed by atoms with van der Waals surface area (Å²) in [6.07, 6.45) is 4.59. The van der Waals surface area contributed by atoms with Gasteiger partial charge in [0.15, 0.2) is 0 Å². The van der Waals surface area contributed by atoms with Crippen LogP contribution in [0.4, 0.5) is 0 Å². The molecule has 6 rings (SSSR count). The molecule has 3 saturated heterocycles. The number of aromatic nitrogens is 1. The summed E-state index contributed by atoms with van der Waals surface area (Å²) in [4.78, 5) is 3.75. The Hall–Kier alpha value is -1.58. The third kappa shape index (κ3) is 1.57. The second kappa shape index (κ2) is 4.49. The number of likely N-dealkylation sites (N-methyl/N-ethyl adjacent to an activating group) is 1. The van der Waals surface area contributed by atoms with E-state index in [1.54, 1.807) is 5.57 Å². The number of piperidine rings is 3. The Labute approximate surface area is 137 Å². The minimum absolute atomic E-state index is 0.324. The summed E-state index contributed by atoms with van der Waals surface area (Å²) in [5, 5.41) is 11.5. The maximum atomic E-state index is 10.1. The maximum absolute atomic E-state index is 10.1. The van der Waals surface area contributed by atoms with Gasteiger partial charge in [0.1, 0.15) is 12.6 Å². The number of allylic oxidation sites excluding steroid dienone is 1. The zero-order valence-corrected chi connectivity index (χ0v) is 13.9. The Kier molecular flexibility index (Phi) is 2.70. The third-order valence-electron chi connectivity index (χ3n) is 7.13. The first kappa shape index (κ1) is 13.8. The Morgan fingerprint density at radius 2 is 2.17 bits per heavy atom. The van der Waals surface area contributed by atoms with Gasteiger partial charge >= 0.3 is 0 Å². The van der Waals surface area contributed by atoms with Gasteiger partial charge in [0.2, 0.25) is 0 Å². The molecule has 5 atom stereocenters. The lowest BCUT2D eigenvalue weighted by Crippen LogP contribution is -2.70. The van der Waals surface area contributed by atoms with Crippen molar-refractivity contribution in [1.29, 1.82) is 0 Å². The van der Waals surface area contributed by atoms with Crippen LogP contribution in [-0.4, -0.2) is 40.8 Å². The average Bonchev–Trinajstić information content (AvgIpc) is 2.92. The molecule has 0 amide bonds. The minimum Gasteiger partial charge on any atom is -0.396 e. The molecule has 0 unspecified atom stereocenters. The lowest BCUT2D eigenvalue weighted by molar-refractivity contribution is -0.978. The number of hydrogen-bond acceptors (Lipinski definition) is 1. The van der Waals surface area contributed by atoms with Gasteiger partial charge in [-0.2, -0.15) is 0 Å². The van der Waals surface area contributed by atoms with E-state index in [-0.39, 0.29) is 0 Å². The predicted molar refractivity (Wildman–Crippen MR) is 92.0 cm³/mol. The average molecular weight is 309 g/mol. The molecular weight excluding hydrogens is 284 g/mol. The fourth-order valence-corrected chi connectivity index (χ4v) is 6.02. The number of nitrogens with zero attached hydrogens (tertiary/aromatic N) is 1. The third-order valence-corrected chi connectivity index (χ3v) is 7.13. The van der Waals surface area contributed by atoms with Crippen LogP contribution in [-0.2, 0) is 6.42 Å². The number of rotatable bonds is 1. The smallest absolute Gasteiger partial charge is 0.131 e. The number of para-hydroxylation sites is 1. The minimum atomic E-state index is 0.324. The van der Waals surface area contributed by atoms with Gasteiger partial charge in [0.05, 0.1) is 25.4 Å². The zero-order valence-electron chi connectivity index (χ0n) is 13.9. The number of hydrogen-bond donors (Lipinski definition) is 2. The van der Waals surface area contributed by atoms with Crippen molar-refractivity contribution in [1.82, 2.24) is 4.98 Å². The van der Waals surface area contributed by atoms with E-state index in [4.69, 9.17) is 0 Å². The van der Waals surface area contributed by atoms with Crippen molar-refractivity contribution in [3.8, 4) is 0 Å². The quantitative estimate of drug-likeness (QED) is 0.616. The van der Waals surface area contributed by atoms with Crippen molar-refractivity contribution in [3.63, 3.8) is 0 Å². The van der Waals surface area contributed by atoms with Crippen molar-refractivity contribution in [2.24, 2.45) is 11.8 Å². The van der Waals surface area contributed by atoms with Gasteiger partial charge in [-0.15, -0.1) is 0 Å². The molecule has 5 heterocycles. The highest BCUT2D eigenvalue weighted by Crippen LogP contribution is 2.57.